The lowest BCUT2D eigenvalue weighted by Crippen LogP contribution is -2.01. The van der Waals surface area contributed by atoms with Crippen LogP contribution in [0.1, 0.15) is 0 Å². The van der Waals surface area contributed by atoms with Gasteiger partial charge < -0.3 is 25.5 Å². The smallest absolute Gasteiger partial charge is 0.319 e. The van der Waals surface area contributed by atoms with Gasteiger partial charge in [0.1, 0.15) is 0 Å². The Kier molecular flexibility index (Phi) is 2.11. The Morgan fingerprint density at radius 1 is 0.750 bits per heavy atom. The summed E-state index contributed by atoms with van der Waals surface area (Å²) in [6, 6.07) is 0. The zero-order valence-electron chi connectivity index (χ0n) is 3.74. The summed E-state index contributed by atoms with van der Waals surface area (Å²) in [4.78, 5) is 0. The molecule has 0 spiro atoms. The van der Waals surface area contributed by atoms with Crippen molar-refractivity contribution >= 4 is 0 Å². The SMILES string of the molecule is O[C](O)C(O)=C(O)O. The van der Waals surface area contributed by atoms with Crippen molar-refractivity contribution in [1.82, 2.24) is 0 Å². The molecule has 0 aromatic carbocycles. The first-order chi connectivity index (χ1) is 3.55. The molecule has 0 unspecified atom stereocenters. The molecular formula is C3H5O5. The first kappa shape index (κ1) is 7.06. The van der Waals surface area contributed by atoms with Crippen LogP contribution >= 0.6 is 0 Å². The van der Waals surface area contributed by atoms with Crippen molar-refractivity contribution < 1.29 is 25.5 Å². The number of rotatable bonds is 1. The van der Waals surface area contributed by atoms with Gasteiger partial charge in [0.2, 0.25) is 5.76 Å². The van der Waals surface area contributed by atoms with Gasteiger partial charge in [-0.15, -0.1) is 0 Å². The van der Waals surface area contributed by atoms with Gasteiger partial charge in [0.25, 0.3) is 6.29 Å². The van der Waals surface area contributed by atoms with E-state index in [-0.39, 0.29) is 0 Å². The molecule has 47 valence electrons. The van der Waals surface area contributed by atoms with Gasteiger partial charge in [0.05, 0.1) is 0 Å². The van der Waals surface area contributed by atoms with E-state index in [2.05, 4.69) is 0 Å². The molecule has 8 heavy (non-hydrogen) atoms. The van der Waals surface area contributed by atoms with Gasteiger partial charge in [-0.25, -0.2) is 0 Å². The van der Waals surface area contributed by atoms with Crippen molar-refractivity contribution in [2.24, 2.45) is 0 Å². The zero-order chi connectivity index (χ0) is 6.73. The number of aliphatic hydroxyl groups excluding tert-OH is 3. The highest BCUT2D eigenvalue weighted by Gasteiger charge is 2.11. The largest absolute Gasteiger partial charge is 0.502 e. The fraction of sp³-hybridized carbons (Fsp3) is 0. The molecule has 0 aliphatic rings. The van der Waals surface area contributed by atoms with Crippen LogP contribution in [0.4, 0.5) is 0 Å². The van der Waals surface area contributed by atoms with Crippen molar-refractivity contribution in [3.63, 3.8) is 0 Å². The number of hydrogen-bond acceptors (Lipinski definition) is 5. The maximum atomic E-state index is 8.05. The zero-order valence-corrected chi connectivity index (χ0v) is 3.74. The quantitative estimate of drug-likeness (QED) is 0.316. The molecule has 0 bridgehead atoms. The molecule has 0 atom stereocenters. The molecule has 5 N–H and O–H groups in total. The molecule has 5 heteroatoms. The minimum atomic E-state index is -1.52. The average molecular weight is 121 g/mol. The van der Waals surface area contributed by atoms with Gasteiger partial charge in [0, 0.05) is 0 Å². The van der Waals surface area contributed by atoms with Gasteiger partial charge in [-0.3, -0.25) is 0 Å². The third-order valence-corrected chi connectivity index (χ3v) is 0.424. The summed E-state index contributed by atoms with van der Waals surface area (Å²) < 4.78 is 0. The van der Waals surface area contributed by atoms with Crippen LogP contribution in [-0.4, -0.2) is 25.5 Å². The fourth-order valence-corrected chi connectivity index (χ4v) is 0.100. The van der Waals surface area contributed by atoms with Crippen LogP contribution in [0.5, 0.6) is 0 Å². The topological polar surface area (TPSA) is 101 Å². The Hall–Kier alpha value is -0.940. The highest BCUT2D eigenvalue weighted by Crippen LogP contribution is 2.02. The molecule has 0 aliphatic carbocycles. The summed E-state index contributed by atoms with van der Waals surface area (Å²) in [7, 11) is 0. The van der Waals surface area contributed by atoms with Crippen molar-refractivity contribution in [3.8, 4) is 0 Å². The second-order valence-electron chi connectivity index (χ2n) is 0.996. The van der Waals surface area contributed by atoms with E-state index in [0.717, 1.165) is 0 Å². The van der Waals surface area contributed by atoms with Gasteiger partial charge in [-0.05, 0) is 0 Å². The highest BCUT2D eigenvalue weighted by atomic mass is 16.5. The molecule has 0 saturated heterocycles. The molecule has 0 aliphatic heterocycles. The minimum Gasteiger partial charge on any atom is -0.502 e. The molecule has 0 saturated carbocycles. The van der Waals surface area contributed by atoms with Crippen LogP contribution in [-0.2, 0) is 0 Å². The van der Waals surface area contributed by atoms with Gasteiger partial charge >= 0.3 is 5.95 Å². The van der Waals surface area contributed by atoms with Crippen molar-refractivity contribution in [2.75, 3.05) is 0 Å². The lowest BCUT2D eigenvalue weighted by Gasteiger charge is -1.96. The monoisotopic (exact) mass is 121 g/mol. The van der Waals surface area contributed by atoms with Crippen LogP contribution in [0, 0.1) is 6.29 Å². The number of aliphatic hydroxyl groups is 5. The first-order valence-corrected chi connectivity index (χ1v) is 1.62. The predicted octanol–water partition coefficient (Wildman–Crippen LogP) is 0.0640. The Morgan fingerprint density at radius 3 is 1.12 bits per heavy atom. The summed E-state index contributed by atoms with van der Waals surface area (Å²) in [5, 5.41) is 39.4. The predicted molar refractivity (Wildman–Crippen MR) is 22.0 cm³/mol. The maximum absolute atomic E-state index is 8.05. The third kappa shape index (κ3) is 1.67. The van der Waals surface area contributed by atoms with Crippen LogP contribution < -0.4 is 0 Å². The van der Waals surface area contributed by atoms with Crippen LogP contribution in [0.2, 0.25) is 0 Å². The average Bonchev–Trinajstić information content (AvgIpc) is 1.64. The van der Waals surface area contributed by atoms with Crippen molar-refractivity contribution in [1.29, 1.82) is 0 Å². The van der Waals surface area contributed by atoms with Crippen LogP contribution in [0.15, 0.2) is 11.7 Å². The molecule has 0 fully saturated rings. The summed E-state index contributed by atoms with van der Waals surface area (Å²) >= 11 is 0. The maximum Gasteiger partial charge on any atom is 0.319 e. The lowest BCUT2D eigenvalue weighted by molar-refractivity contribution is 0.0487. The van der Waals surface area contributed by atoms with E-state index >= 15 is 0 Å². The second-order valence-corrected chi connectivity index (χ2v) is 0.996. The summed E-state index contributed by atoms with van der Waals surface area (Å²) in [6.07, 6.45) is -1.52. The van der Waals surface area contributed by atoms with Crippen LogP contribution in [0.25, 0.3) is 0 Å². The van der Waals surface area contributed by atoms with E-state index in [0.29, 0.717) is 0 Å². The molecule has 5 nitrogen and oxygen atoms in total. The van der Waals surface area contributed by atoms with Gasteiger partial charge in [-0.2, -0.15) is 0 Å². The third-order valence-electron chi connectivity index (χ3n) is 0.424. The van der Waals surface area contributed by atoms with Gasteiger partial charge in [0.15, 0.2) is 0 Å². The highest BCUT2D eigenvalue weighted by molar-refractivity contribution is 5.02. The fourth-order valence-electron chi connectivity index (χ4n) is 0.100. The summed E-state index contributed by atoms with van der Waals surface area (Å²) in [6.45, 7) is 0. The molecule has 0 aromatic heterocycles. The van der Waals surface area contributed by atoms with E-state index in [4.69, 9.17) is 25.5 Å². The molecule has 1 radical (unpaired) electrons. The molecule has 0 amide bonds. The second kappa shape index (κ2) is 2.39. The first-order valence-electron chi connectivity index (χ1n) is 1.62. The van der Waals surface area contributed by atoms with Crippen LogP contribution in [0.3, 0.4) is 0 Å². The molecular weight excluding hydrogens is 116 g/mol. The minimum absolute atomic E-state index is 1.34. The molecule has 0 aromatic rings. The van der Waals surface area contributed by atoms with Crippen molar-refractivity contribution in [3.05, 3.63) is 18.0 Å². The van der Waals surface area contributed by atoms with Crippen molar-refractivity contribution in [2.45, 2.75) is 0 Å². The Balaban J connectivity index is 4.00. The molecule has 0 rings (SSSR count). The molecule has 0 heterocycles. The Bertz CT molecular complexity index is 100. The van der Waals surface area contributed by atoms with E-state index in [1.807, 2.05) is 0 Å². The summed E-state index contributed by atoms with van der Waals surface area (Å²) in [5.74, 6) is -2.87. The van der Waals surface area contributed by atoms with E-state index < -0.39 is 18.0 Å². The van der Waals surface area contributed by atoms with Gasteiger partial charge in [-0.1, -0.05) is 0 Å². The normalized spacial score (nSPS) is 9.38. The van der Waals surface area contributed by atoms with E-state index in [9.17, 15) is 0 Å². The Morgan fingerprint density at radius 2 is 1.12 bits per heavy atom. The van der Waals surface area contributed by atoms with E-state index in [1.165, 1.54) is 0 Å². The Labute approximate surface area is 44.8 Å². The number of hydrogen-bond donors (Lipinski definition) is 5. The lowest BCUT2D eigenvalue weighted by atomic mass is 10.5. The standard InChI is InChI=1S/C3H5O5/c4-1(2(5)6)3(7)8/h4-8H. The summed E-state index contributed by atoms with van der Waals surface area (Å²) in [5.41, 5.74) is 0. The van der Waals surface area contributed by atoms with E-state index in [1.54, 1.807) is 0 Å².